The van der Waals surface area contributed by atoms with Crippen molar-refractivity contribution in [1.29, 1.82) is 0 Å². The summed E-state index contributed by atoms with van der Waals surface area (Å²) in [6.07, 6.45) is 7.74. The average Bonchev–Trinajstić information content (AvgIpc) is 2.30. The molecule has 1 aliphatic heterocycles. The van der Waals surface area contributed by atoms with Crippen LogP contribution >= 0.6 is 0 Å². The first-order valence-electron chi connectivity index (χ1n) is 6.40. The van der Waals surface area contributed by atoms with Gasteiger partial charge >= 0.3 is 0 Å². The molecule has 0 aromatic heterocycles. The third-order valence-corrected chi connectivity index (χ3v) is 3.82. The number of nitrogens with zero attached hydrogens (tertiary/aromatic N) is 1. The van der Waals surface area contributed by atoms with Crippen LogP contribution < -0.4 is 11.1 Å². The normalized spacial score (nSPS) is 32.4. The van der Waals surface area contributed by atoms with Crippen LogP contribution in [0.4, 0.5) is 0 Å². The van der Waals surface area contributed by atoms with Crippen LogP contribution in [0.1, 0.15) is 33.1 Å². The monoisotopic (exact) mass is 225 g/mol. The molecule has 0 radical (unpaired) electrons. The largest absolute Gasteiger partial charge is 0.329 e. The second-order valence-corrected chi connectivity index (χ2v) is 5.05. The van der Waals surface area contributed by atoms with Gasteiger partial charge in [-0.05, 0) is 53.2 Å². The highest BCUT2D eigenvalue weighted by Crippen LogP contribution is 2.24. The van der Waals surface area contributed by atoms with Crippen molar-refractivity contribution in [3.05, 3.63) is 12.2 Å². The average molecular weight is 225 g/mol. The van der Waals surface area contributed by atoms with Crippen LogP contribution in [0.25, 0.3) is 0 Å². The number of nitrogens with one attached hydrogen (secondary N) is 1. The predicted octanol–water partition coefficient (Wildman–Crippen LogP) is 1.35. The molecule has 0 saturated carbocycles. The molecular formula is C13H27N3. The van der Waals surface area contributed by atoms with Crippen LogP contribution in [-0.4, -0.2) is 43.2 Å². The molecule has 1 saturated heterocycles. The van der Waals surface area contributed by atoms with E-state index in [0.29, 0.717) is 6.04 Å². The van der Waals surface area contributed by atoms with E-state index >= 15 is 0 Å². The van der Waals surface area contributed by atoms with Crippen molar-refractivity contribution < 1.29 is 0 Å². The summed E-state index contributed by atoms with van der Waals surface area (Å²) in [5.74, 6) is 0. The minimum absolute atomic E-state index is 0.174. The van der Waals surface area contributed by atoms with Gasteiger partial charge in [0.1, 0.15) is 0 Å². The van der Waals surface area contributed by atoms with Crippen LogP contribution in [-0.2, 0) is 0 Å². The maximum atomic E-state index is 5.96. The van der Waals surface area contributed by atoms with Crippen molar-refractivity contribution in [3.63, 3.8) is 0 Å². The van der Waals surface area contributed by atoms with Gasteiger partial charge in [0.2, 0.25) is 0 Å². The van der Waals surface area contributed by atoms with E-state index in [1.165, 1.54) is 6.42 Å². The molecule has 0 spiro atoms. The molecule has 3 nitrogen and oxygen atoms in total. The van der Waals surface area contributed by atoms with Gasteiger partial charge in [-0.1, -0.05) is 12.2 Å². The van der Waals surface area contributed by atoms with E-state index in [2.05, 4.69) is 43.3 Å². The van der Waals surface area contributed by atoms with E-state index in [9.17, 15) is 0 Å². The second kappa shape index (κ2) is 6.38. The Morgan fingerprint density at radius 2 is 2.31 bits per heavy atom. The Balaban J connectivity index is 2.44. The van der Waals surface area contributed by atoms with Gasteiger partial charge in [0.05, 0.1) is 0 Å². The Morgan fingerprint density at radius 1 is 1.56 bits per heavy atom. The SMILES string of the molecule is C/C=C/CCNC1(CN)CCN(C)C(C)C1. The number of hydrogen-bond donors (Lipinski definition) is 2. The zero-order chi connectivity index (χ0) is 12.0. The summed E-state index contributed by atoms with van der Waals surface area (Å²) in [6, 6.07) is 0.631. The molecule has 3 heteroatoms. The Bertz CT molecular complexity index is 227. The Morgan fingerprint density at radius 3 is 2.88 bits per heavy atom. The van der Waals surface area contributed by atoms with Crippen molar-refractivity contribution in [1.82, 2.24) is 10.2 Å². The van der Waals surface area contributed by atoms with Crippen LogP contribution in [0.5, 0.6) is 0 Å². The Kier molecular flexibility index (Phi) is 5.46. The van der Waals surface area contributed by atoms with Gasteiger partial charge in [-0.3, -0.25) is 0 Å². The molecule has 0 amide bonds. The molecule has 0 aromatic rings. The highest BCUT2D eigenvalue weighted by Gasteiger charge is 2.35. The summed E-state index contributed by atoms with van der Waals surface area (Å²) in [5.41, 5.74) is 6.14. The van der Waals surface area contributed by atoms with E-state index in [1.807, 2.05) is 0 Å². The van der Waals surface area contributed by atoms with E-state index < -0.39 is 0 Å². The van der Waals surface area contributed by atoms with Crippen LogP contribution in [0, 0.1) is 0 Å². The molecule has 1 aliphatic rings. The summed E-state index contributed by atoms with van der Waals surface area (Å²) in [4.78, 5) is 2.42. The van der Waals surface area contributed by atoms with E-state index in [0.717, 1.165) is 32.5 Å². The summed E-state index contributed by atoms with van der Waals surface area (Å²) in [6.45, 7) is 7.29. The smallest absolute Gasteiger partial charge is 0.0331 e. The maximum Gasteiger partial charge on any atom is 0.0331 e. The van der Waals surface area contributed by atoms with Crippen molar-refractivity contribution >= 4 is 0 Å². The summed E-state index contributed by atoms with van der Waals surface area (Å²) in [5, 5.41) is 3.67. The topological polar surface area (TPSA) is 41.3 Å². The first-order valence-corrected chi connectivity index (χ1v) is 6.40. The zero-order valence-corrected chi connectivity index (χ0v) is 11.0. The lowest BCUT2D eigenvalue weighted by atomic mass is 9.83. The van der Waals surface area contributed by atoms with Gasteiger partial charge in [-0.25, -0.2) is 0 Å². The van der Waals surface area contributed by atoms with Gasteiger partial charge in [0, 0.05) is 18.1 Å². The summed E-state index contributed by atoms with van der Waals surface area (Å²) < 4.78 is 0. The quantitative estimate of drug-likeness (QED) is 0.548. The van der Waals surface area contributed by atoms with Crippen LogP contribution in [0.15, 0.2) is 12.2 Å². The number of hydrogen-bond acceptors (Lipinski definition) is 3. The van der Waals surface area contributed by atoms with Gasteiger partial charge in [-0.15, -0.1) is 0 Å². The van der Waals surface area contributed by atoms with Crippen molar-refractivity contribution in [2.24, 2.45) is 5.73 Å². The van der Waals surface area contributed by atoms with E-state index in [-0.39, 0.29) is 5.54 Å². The molecule has 16 heavy (non-hydrogen) atoms. The van der Waals surface area contributed by atoms with Gasteiger partial charge in [0.25, 0.3) is 0 Å². The molecule has 0 bridgehead atoms. The van der Waals surface area contributed by atoms with Crippen LogP contribution in [0.2, 0.25) is 0 Å². The number of nitrogens with two attached hydrogens (primary N) is 1. The predicted molar refractivity (Wildman–Crippen MR) is 70.5 cm³/mol. The van der Waals surface area contributed by atoms with Crippen molar-refractivity contribution in [2.45, 2.75) is 44.7 Å². The van der Waals surface area contributed by atoms with Gasteiger partial charge in [-0.2, -0.15) is 0 Å². The van der Waals surface area contributed by atoms with Crippen LogP contribution in [0.3, 0.4) is 0 Å². The van der Waals surface area contributed by atoms with Crippen molar-refractivity contribution in [2.75, 3.05) is 26.7 Å². The Hall–Kier alpha value is -0.380. The molecule has 0 aliphatic carbocycles. The molecule has 1 heterocycles. The van der Waals surface area contributed by atoms with Crippen molar-refractivity contribution in [3.8, 4) is 0 Å². The molecule has 1 fully saturated rings. The lowest BCUT2D eigenvalue weighted by Gasteiger charge is -2.44. The fraction of sp³-hybridized carbons (Fsp3) is 0.846. The molecular weight excluding hydrogens is 198 g/mol. The molecule has 0 aromatic carbocycles. The second-order valence-electron chi connectivity index (χ2n) is 5.05. The fourth-order valence-corrected chi connectivity index (χ4v) is 2.44. The minimum atomic E-state index is 0.174. The number of rotatable bonds is 5. The number of piperidine rings is 1. The first-order chi connectivity index (χ1) is 7.63. The fourth-order valence-electron chi connectivity index (χ4n) is 2.44. The molecule has 2 unspecified atom stereocenters. The third kappa shape index (κ3) is 3.58. The summed E-state index contributed by atoms with van der Waals surface area (Å²) >= 11 is 0. The summed E-state index contributed by atoms with van der Waals surface area (Å²) in [7, 11) is 2.20. The number of allylic oxidation sites excluding steroid dienone is 1. The maximum absolute atomic E-state index is 5.96. The Labute approximate surface area is 100 Å². The lowest BCUT2D eigenvalue weighted by Crippen LogP contribution is -2.59. The highest BCUT2D eigenvalue weighted by atomic mass is 15.2. The molecule has 1 rings (SSSR count). The molecule has 3 N–H and O–H groups in total. The zero-order valence-electron chi connectivity index (χ0n) is 11.0. The molecule has 94 valence electrons. The highest BCUT2D eigenvalue weighted by molar-refractivity contribution is 4.97. The van der Waals surface area contributed by atoms with E-state index in [1.54, 1.807) is 0 Å². The van der Waals surface area contributed by atoms with E-state index in [4.69, 9.17) is 5.73 Å². The third-order valence-electron chi connectivity index (χ3n) is 3.82. The molecule has 2 atom stereocenters. The minimum Gasteiger partial charge on any atom is -0.329 e. The van der Waals surface area contributed by atoms with Gasteiger partial charge < -0.3 is 16.0 Å². The first kappa shape index (κ1) is 13.7. The standard InChI is InChI=1S/C13H27N3/c1-4-5-6-8-15-13(11-14)7-9-16(3)12(2)10-13/h4-5,12,15H,6-11,14H2,1-3H3/b5-4+. The van der Waals surface area contributed by atoms with Gasteiger partial charge in [0.15, 0.2) is 0 Å². The number of likely N-dealkylation sites (tertiary alicyclic amines) is 1. The lowest BCUT2D eigenvalue weighted by molar-refractivity contribution is 0.112.